The number of aromatic amines is 1. The third-order valence-corrected chi connectivity index (χ3v) is 6.37. The van der Waals surface area contributed by atoms with Crippen molar-refractivity contribution in [3.8, 4) is 11.1 Å². The summed E-state index contributed by atoms with van der Waals surface area (Å²) in [6.45, 7) is 3.76. The second-order valence-electron chi connectivity index (χ2n) is 8.66. The van der Waals surface area contributed by atoms with Gasteiger partial charge in [-0.3, -0.25) is 4.79 Å². The van der Waals surface area contributed by atoms with Crippen molar-refractivity contribution in [2.75, 3.05) is 11.4 Å². The predicted molar refractivity (Wildman–Crippen MR) is 132 cm³/mol. The number of nitrogens with one attached hydrogen (secondary N) is 1. The van der Waals surface area contributed by atoms with Gasteiger partial charge in [-0.25, -0.2) is 4.98 Å². The number of carbonyl (C=O) groups excluding carboxylic acids is 1. The van der Waals surface area contributed by atoms with Crippen LogP contribution >= 0.6 is 0 Å². The summed E-state index contributed by atoms with van der Waals surface area (Å²) in [5, 5.41) is 0. The summed E-state index contributed by atoms with van der Waals surface area (Å²) < 4.78 is 0. The molecule has 5 rings (SSSR count). The van der Waals surface area contributed by atoms with E-state index in [-0.39, 0.29) is 11.9 Å². The maximum absolute atomic E-state index is 12.8. The van der Waals surface area contributed by atoms with Crippen LogP contribution in [0.15, 0.2) is 91.4 Å². The van der Waals surface area contributed by atoms with Crippen LogP contribution in [0.2, 0.25) is 0 Å². The Morgan fingerprint density at radius 2 is 1.76 bits per heavy atom. The molecule has 0 bridgehead atoms. The SMILES string of the molecule is CC(=O)N1Cc2cc(-c3ccccc3)ccc2N(Cc2cnc[nH]2)C[C@H]1Cc1ccccc1. The Morgan fingerprint density at radius 3 is 2.45 bits per heavy atom. The molecule has 0 spiro atoms. The summed E-state index contributed by atoms with van der Waals surface area (Å²) in [7, 11) is 0. The fourth-order valence-electron chi connectivity index (χ4n) is 4.75. The molecule has 0 saturated carbocycles. The Morgan fingerprint density at radius 1 is 1.00 bits per heavy atom. The molecule has 2 heterocycles. The average molecular weight is 437 g/mol. The Kier molecular flexibility index (Phi) is 5.94. The molecule has 0 aliphatic carbocycles. The molecule has 5 nitrogen and oxygen atoms in total. The molecular formula is C28H28N4O. The van der Waals surface area contributed by atoms with E-state index in [0.717, 1.165) is 18.7 Å². The Bertz CT molecular complexity index is 1210. The second kappa shape index (κ2) is 9.33. The van der Waals surface area contributed by atoms with E-state index in [2.05, 4.69) is 81.6 Å². The van der Waals surface area contributed by atoms with Gasteiger partial charge in [0.2, 0.25) is 5.91 Å². The van der Waals surface area contributed by atoms with Gasteiger partial charge in [0, 0.05) is 31.9 Å². The van der Waals surface area contributed by atoms with E-state index >= 15 is 0 Å². The van der Waals surface area contributed by atoms with Crippen LogP contribution in [0.3, 0.4) is 0 Å². The summed E-state index contributed by atoms with van der Waals surface area (Å²) in [6, 6.07) is 27.5. The van der Waals surface area contributed by atoms with Gasteiger partial charge in [0.1, 0.15) is 0 Å². The molecule has 0 unspecified atom stereocenters. The Hall–Kier alpha value is -3.86. The van der Waals surface area contributed by atoms with Crippen molar-refractivity contribution >= 4 is 11.6 Å². The molecule has 166 valence electrons. The number of benzene rings is 3. The van der Waals surface area contributed by atoms with Crippen LogP contribution in [-0.2, 0) is 24.3 Å². The summed E-state index contributed by atoms with van der Waals surface area (Å²) in [4.78, 5) is 24.7. The average Bonchev–Trinajstić information content (AvgIpc) is 3.30. The summed E-state index contributed by atoms with van der Waals surface area (Å²) in [6.07, 6.45) is 4.41. The highest BCUT2D eigenvalue weighted by Gasteiger charge is 2.30. The second-order valence-corrected chi connectivity index (χ2v) is 8.66. The zero-order chi connectivity index (χ0) is 22.6. The molecular weight excluding hydrogens is 408 g/mol. The number of nitrogens with zero attached hydrogens (tertiary/aromatic N) is 3. The third kappa shape index (κ3) is 4.67. The third-order valence-electron chi connectivity index (χ3n) is 6.37. The largest absolute Gasteiger partial charge is 0.363 e. The van der Waals surface area contributed by atoms with Gasteiger partial charge in [-0.2, -0.15) is 0 Å². The van der Waals surface area contributed by atoms with E-state index in [4.69, 9.17) is 0 Å². The van der Waals surface area contributed by atoms with Gasteiger partial charge < -0.3 is 14.8 Å². The van der Waals surface area contributed by atoms with Crippen LogP contribution in [0.5, 0.6) is 0 Å². The summed E-state index contributed by atoms with van der Waals surface area (Å²) in [5.41, 5.74) is 6.99. The van der Waals surface area contributed by atoms with Crippen molar-refractivity contribution in [1.82, 2.24) is 14.9 Å². The molecule has 1 aliphatic heterocycles. The van der Waals surface area contributed by atoms with Crippen LogP contribution in [0.1, 0.15) is 23.7 Å². The van der Waals surface area contributed by atoms with Crippen molar-refractivity contribution < 1.29 is 4.79 Å². The highest BCUT2D eigenvalue weighted by Crippen LogP contribution is 2.33. The quantitative estimate of drug-likeness (QED) is 0.476. The standard InChI is InChI=1S/C28H28N4O/c1-21(33)32-17-25-15-24(23-10-6-3-7-11-23)12-13-28(25)31(18-26-16-29-20-30-26)19-27(32)14-22-8-4-2-5-9-22/h2-13,15-16,20,27H,14,17-19H2,1H3,(H,29,30)/t27-/m1/s1. The van der Waals surface area contributed by atoms with Crippen molar-refractivity contribution in [3.05, 3.63) is 108 Å². The number of hydrogen-bond acceptors (Lipinski definition) is 3. The molecule has 1 aliphatic rings. The molecule has 33 heavy (non-hydrogen) atoms. The van der Waals surface area contributed by atoms with Crippen molar-refractivity contribution in [3.63, 3.8) is 0 Å². The first-order valence-corrected chi connectivity index (χ1v) is 11.4. The number of hydrogen-bond donors (Lipinski definition) is 1. The van der Waals surface area contributed by atoms with Crippen LogP contribution in [0, 0.1) is 0 Å². The van der Waals surface area contributed by atoms with E-state index in [1.54, 1.807) is 13.3 Å². The molecule has 1 N–H and O–H groups in total. The first kappa shape index (κ1) is 21.0. The normalized spacial score (nSPS) is 15.7. The number of anilines is 1. The summed E-state index contributed by atoms with van der Waals surface area (Å²) in [5.74, 6) is 0.107. The van der Waals surface area contributed by atoms with E-state index in [0.29, 0.717) is 13.1 Å². The molecule has 1 atom stereocenters. The number of imidazole rings is 1. The van der Waals surface area contributed by atoms with Gasteiger partial charge in [0.25, 0.3) is 0 Å². The van der Waals surface area contributed by atoms with Crippen LogP contribution < -0.4 is 4.90 Å². The summed E-state index contributed by atoms with van der Waals surface area (Å²) >= 11 is 0. The van der Waals surface area contributed by atoms with E-state index in [9.17, 15) is 4.79 Å². The van der Waals surface area contributed by atoms with Crippen molar-refractivity contribution in [2.45, 2.75) is 32.5 Å². The minimum atomic E-state index is 0.0698. The van der Waals surface area contributed by atoms with E-state index < -0.39 is 0 Å². The molecule has 1 amide bonds. The maximum Gasteiger partial charge on any atom is 0.220 e. The van der Waals surface area contributed by atoms with Crippen LogP contribution in [0.4, 0.5) is 5.69 Å². The lowest BCUT2D eigenvalue weighted by Gasteiger charge is -2.32. The monoisotopic (exact) mass is 436 g/mol. The number of amides is 1. The fraction of sp³-hybridized carbons (Fsp3) is 0.214. The molecule has 0 fully saturated rings. The highest BCUT2D eigenvalue weighted by molar-refractivity contribution is 5.76. The van der Waals surface area contributed by atoms with Crippen LogP contribution in [-0.4, -0.2) is 33.4 Å². The molecule has 0 radical (unpaired) electrons. The first-order valence-electron chi connectivity index (χ1n) is 11.4. The molecule has 5 heteroatoms. The fourth-order valence-corrected chi connectivity index (χ4v) is 4.75. The van der Waals surface area contributed by atoms with Crippen molar-refractivity contribution in [1.29, 1.82) is 0 Å². The zero-order valence-electron chi connectivity index (χ0n) is 18.8. The molecule has 0 saturated heterocycles. The minimum absolute atomic E-state index is 0.0698. The Labute approximate surface area is 194 Å². The lowest BCUT2D eigenvalue weighted by Crippen LogP contribution is -2.44. The number of H-pyrrole nitrogens is 1. The highest BCUT2D eigenvalue weighted by atomic mass is 16.2. The van der Waals surface area contributed by atoms with E-state index in [1.807, 2.05) is 23.2 Å². The van der Waals surface area contributed by atoms with Gasteiger partial charge in [0.15, 0.2) is 0 Å². The number of aromatic nitrogens is 2. The number of carbonyl (C=O) groups is 1. The van der Waals surface area contributed by atoms with Gasteiger partial charge in [-0.05, 0) is 40.8 Å². The minimum Gasteiger partial charge on any atom is -0.363 e. The van der Waals surface area contributed by atoms with Gasteiger partial charge in [0.05, 0.1) is 24.6 Å². The Balaban J connectivity index is 1.55. The number of fused-ring (bicyclic) bond motifs is 1. The lowest BCUT2D eigenvalue weighted by atomic mass is 10.0. The zero-order valence-corrected chi connectivity index (χ0v) is 18.8. The molecule has 4 aromatic rings. The number of rotatable bonds is 5. The maximum atomic E-state index is 12.8. The smallest absolute Gasteiger partial charge is 0.220 e. The molecule has 3 aromatic carbocycles. The van der Waals surface area contributed by atoms with Crippen molar-refractivity contribution in [2.24, 2.45) is 0 Å². The topological polar surface area (TPSA) is 52.2 Å². The van der Waals surface area contributed by atoms with Gasteiger partial charge in [-0.15, -0.1) is 0 Å². The van der Waals surface area contributed by atoms with Gasteiger partial charge in [-0.1, -0.05) is 66.7 Å². The first-order chi connectivity index (χ1) is 16.2. The predicted octanol–water partition coefficient (Wildman–Crippen LogP) is 5.06. The van der Waals surface area contributed by atoms with Gasteiger partial charge >= 0.3 is 0 Å². The lowest BCUT2D eigenvalue weighted by molar-refractivity contribution is -0.131. The van der Waals surface area contributed by atoms with E-state index in [1.165, 1.54) is 27.9 Å². The molecule has 1 aromatic heterocycles. The van der Waals surface area contributed by atoms with Crippen LogP contribution in [0.25, 0.3) is 11.1 Å².